The molecular formula is C21H18F3N5O2. The lowest BCUT2D eigenvalue weighted by atomic mass is 10.1. The number of nitrogens with one attached hydrogen (secondary N) is 1. The number of ether oxygens (including phenoxy) is 1. The van der Waals surface area contributed by atoms with Gasteiger partial charge in [0.25, 0.3) is 11.8 Å². The van der Waals surface area contributed by atoms with Crippen LogP contribution in [0, 0.1) is 11.2 Å². The molecule has 0 radical (unpaired) electrons. The molecule has 1 aliphatic rings. The molecule has 1 amide bonds. The predicted octanol–water partition coefficient (Wildman–Crippen LogP) is 3.60. The molecule has 0 bridgehead atoms. The van der Waals surface area contributed by atoms with Gasteiger partial charge in [-0.05, 0) is 17.7 Å². The summed E-state index contributed by atoms with van der Waals surface area (Å²) in [6.07, 6.45) is -2.77. The Labute approximate surface area is 175 Å². The van der Waals surface area contributed by atoms with Crippen LogP contribution in [-0.4, -0.2) is 28.0 Å². The molecule has 1 unspecified atom stereocenters. The Morgan fingerprint density at radius 2 is 1.94 bits per heavy atom. The number of fused-ring (bicyclic) bond motifs is 1. The second kappa shape index (κ2) is 7.88. The molecule has 1 atom stereocenters. The molecule has 1 aromatic heterocycles. The van der Waals surface area contributed by atoms with Crippen LogP contribution in [0.5, 0.6) is 0 Å². The summed E-state index contributed by atoms with van der Waals surface area (Å²) in [6.45, 7) is 0.204. The summed E-state index contributed by atoms with van der Waals surface area (Å²) in [5, 5.41) is 11.5. The SMILES string of the molecule is Cn1cc(-c2ccccc2F)c(N2Cc3ccc(C(N)OC(=N)C(F)F)cc3C2=O)n1. The van der Waals surface area contributed by atoms with Gasteiger partial charge in [0.1, 0.15) is 5.82 Å². The van der Waals surface area contributed by atoms with Gasteiger partial charge in [0.2, 0.25) is 0 Å². The van der Waals surface area contributed by atoms with E-state index in [1.165, 1.54) is 21.7 Å². The Hall–Kier alpha value is -3.66. The molecule has 0 spiro atoms. The summed E-state index contributed by atoms with van der Waals surface area (Å²) in [6, 6.07) is 10.9. The average Bonchev–Trinajstić information content (AvgIpc) is 3.27. The number of aryl methyl sites for hydroxylation is 1. The third kappa shape index (κ3) is 3.77. The van der Waals surface area contributed by atoms with Gasteiger partial charge in [0.15, 0.2) is 12.0 Å². The van der Waals surface area contributed by atoms with E-state index < -0.39 is 24.4 Å². The van der Waals surface area contributed by atoms with Crippen LogP contribution in [0.15, 0.2) is 48.7 Å². The second-order valence-electron chi connectivity index (χ2n) is 7.03. The number of benzene rings is 2. The fourth-order valence-electron chi connectivity index (χ4n) is 3.47. The number of rotatable bonds is 5. The van der Waals surface area contributed by atoms with Gasteiger partial charge in [0, 0.05) is 35.5 Å². The van der Waals surface area contributed by atoms with E-state index in [1.807, 2.05) is 0 Å². The van der Waals surface area contributed by atoms with Crippen LogP contribution >= 0.6 is 0 Å². The topological polar surface area (TPSA) is 97.2 Å². The summed E-state index contributed by atoms with van der Waals surface area (Å²) in [4.78, 5) is 14.5. The molecule has 2 aromatic carbocycles. The first kappa shape index (κ1) is 20.6. The predicted molar refractivity (Wildman–Crippen MR) is 107 cm³/mol. The van der Waals surface area contributed by atoms with Crippen molar-refractivity contribution in [1.82, 2.24) is 9.78 Å². The summed E-state index contributed by atoms with van der Waals surface area (Å²) in [5.41, 5.74) is 7.80. The number of nitrogens with zero attached hydrogens (tertiary/aromatic N) is 3. The zero-order valence-electron chi connectivity index (χ0n) is 16.3. The van der Waals surface area contributed by atoms with Gasteiger partial charge in [-0.2, -0.15) is 13.9 Å². The monoisotopic (exact) mass is 429 g/mol. The number of amides is 1. The highest BCUT2D eigenvalue weighted by molar-refractivity contribution is 6.11. The number of nitrogens with two attached hydrogens (primary N) is 1. The quantitative estimate of drug-likeness (QED) is 0.368. The van der Waals surface area contributed by atoms with Crippen molar-refractivity contribution < 1.29 is 22.7 Å². The van der Waals surface area contributed by atoms with E-state index in [9.17, 15) is 18.0 Å². The van der Waals surface area contributed by atoms with Crippen LogP contribution in [0.1, 0.15) is 27.7 Å². The molecular weight excluding hydrogens is 411 g/mol. The van der Waals surface area contributed by atoms with Crippen molar-refractivity contribution in [2.45, 2.75) is 19.2 Å². The molecule has 3 N–H and O–H groups in total. The number of hydrogen-bond donors (Lipinski definition) is 2. The number of halogens is 3. The maximum Gasteiger partial charge on any atom is 0.312 e. The Bertz CT molecular complexity index is 1180. The highest BCUT2D eigenvalue weighted by atomic mass is 19.3. The van der Waals surface area contributed by atoms with Gasteiger partial charge in [0.05, 0.1) is 6.54 Å². The van der Waals surface area contributed by atoms with E-state index in [1.54, 1.807) is 43.6 Å². The number of carbonyl (C=O) groups excluding carboxylic acids is 1. The van der Waals surface area contributed by atoms with Gasteiger partial charge in [-0.25, -0.2) is 4.39 Å². The summed E-state index contributed by atoms with van der Waals surface area (Å²) < 4.78 is 45.7. The highest BCUT2D eigenvalue weighted by Gasteiger charge is 2.33. The molecule has 3 aromatic rings. The number of alkyl halides is 2. The van der Waals surface area contributed by atoms with E-state index >= 15 is 0 Å². The molecule has 0 fully saturated rings. The van der Waals surface area contributed by atoms with Gasteiger partial charge in [-0.15, -0.1) is 0 Å². The lowest BCUT2D eigenvalue weighted by Gasteiger charge is -2.15. The van der Waals surface area contributed by atoms with Crippen molar-refractivity contribution in [3.05, 3.63) is 71.2 Å². The lowest BCUT2D eigenvalue weighted by Crippen LogP contribution is -2.25. The standard InChI is InChI=1S/C21H18F3N5O2/c1-28-10-15(13-4-2-3-5-16(13)22)20(27-28)29-9-12-7-6-11(8-14(12)21(29)30)18(25)31-19(26)17(23)24/h2-8,10,17-18,26H,9,25H2,1H3. The van der Waals surface area contributed by atoms with Crippen LogP contribution in [0.3, 0.4) is 0 Å². The Balaban J connectivity index is 1.66. The number of anilines is 1. The van der Waals surface area contributed by atoms with E-state index in [0.29, 0.717) is 28.1 Å². The Morgan fingerprint density at radius 1 is 1.19 bits per heavy atom. The smallest absolute Gasteiger partial charge is 0.312 e. The maximum absolute atomic E-state index is 14.4. The van der Waals surface area contributed by atoms with Crippen molar-refractivity contribution in [1.29, 1.82) is 5.41 Å². The minimum Gasteiger partial charge on any atom is -0.454 e. The van der Waals surface area contributed by atoms with Gasteiger partial charge in [-0.1, -0.05) is 30.3 Å². The van der Waals surface area contributed by atoms with Gasteiger partial charge < -0.3 is 4.74 Å². The van der Waals surface area contributed by atoms with Crippen LogP contribution in [0.25, 0.3) is 11.1 Å². The van der Waals surface area contributed by atoms with Gasteiger partial charge in [-0.3, -0.25) is 25.5 Å². The Morgan fingerprint density at radius 3 is 2.65 bits per heavy atom. The summed E-state index contributed by atoms with van der Waals surface area (Å²) in [5.74, 6) is -1.77. The normalized spacial score (nSPS) is 14.1. The molecule has 10 heteroatoms. The summed E-state index contributed by atoms with van der Waals surface area (Å²) >= 11 is 0. The van der Waals surface area contributed by atoms with E-state index in [-0.39, 0.29) is 18.0 Å². The van der Waals surface area contributed by atoms with E-state index in [2.05, 4.69) is 5.10 Å². The fourth-order valence-corrected chi connectivity index (χ4v) is 3.47. The largest absolute Gasteiger partial charge is 0.454 e. The van der Waals surface area contributed by atoms with Crippen molar-refractivity contribution in [2.24, 2.45) is 12.8 Å². The zero-order valence-corrected chi connectivity index (χ0v) is 16.3. The zero-order chi connectivity index (χ0) is 22.3. The van der Waals surface area contributed by atoms with Crippen molar-refractivity contribution >= 4 is 17.6 Å². The van der Waals surface area contributed by atoms with Crippen molar-refractivity contribution in [3.63, 3.8) is 0 Å². The van der Waals surface area contributed by atoms with Crippen LogP contribution in [0.4, 0.5) is 19.0 Å². The minimum atomic E-state index is -3.08. The molecule has 0 aliphatic carbocycles. The van der Waals surface area contributed by atoms with Crippen LogP contribution in [0.2, 0.25) is 0 Å². The Kier molecular flexibility index (Phi) is 5.24. The molecule has 2 heterocycles. The van der Waals surface area contributed by atoms with E-state index in [0.717, 1.165) is 0 Å². The fraction of sp³-hybridized carbons (Fsp3) is 0.190. The molecule has 7 nitrogen and oxygen atoms in total. The number of carbonyl (C=O) groups is 1. The highest BCUT2D eigenvalue weighted by Crippen LogP contribution is 2.36. The molecule has 31 heavy (non-hydrogen) atoms. The molecule has 1 aliphatic heterocycles. The minimum absolute atomic E-state index is 0.204. The maximum atomic E-state index is 14.4. The molecule has 0 saturated carbocycles. The number of hydrogen-bond acceptors (Lipinski definition) is 5. The lowest BCUT2D eigenvalue weighted by molar-refractivity contribution is 0.0995. The molecule has 160 valence electrons. The average molecular weight is 429 g/mol. The molecule has 4 rings (SSSR count). The first-order valence-corrected chi connectivity index (χ1v) is 9.28. The van der Waals surface area contributed by atoms with Crippen molar-refractivity contribution in [3.8, 4) is 11.1 Å². The first-order chi connectivity index (χ1) is 14.8. The molecule has 0 saturated heterocycles. The third-order valence-electron chi connectivity index (χ3n) is 4.95. The van der Waals surface area contributed by atoms with Crippen LogP contribution < -0.4 is 10.6 Å². The first-order valence-electron chi connectivity index (χ1n) is 9.28. The second-order valence-corrected chi connectivity index (χ2v) is 7.03. The van der Waals surface area contributed by atoms with Crippen LogP contribution in [-0.2, 0) is 18.3 Å². The van der Waals surface area contributed by atoms with Crippen molar-refractivity contribution in [2.75, 3.05) is 4.90 Å². The third-order valence-corrected chi connectivity index (χ3v) is 4.95. The number of aromatic nitrogens is 2. The van der Waals surface area contributed by atoms with Gasteiger partial charge >= 0.3 is 6.43 Å². The summed E-state index contributed by atoms with van der Waals surface area (Å²) in [7, 11) is 1.67. The van der Waals surface area contributed by atoms with E-state index in [4.69, 9.17) is 15.9 Å².